The van der Waals surface area contributed by atoms with Gasteiger partial charge in [-0.1, -0.05) is 19.9 Å². The predicted molar refractivity (Wildman–Crippen MR) is 80.4 cm³/mol. The molecular formula is C15H21N3O3. The van der Waals surface area contributed by atoms with Crippen molar-refractivity contribution in [2.75, 3.05) is 13.1 Å². The maximum atomic E-state index is 12.4. The number of nitrogens with one attached hydrogen (secondary N) is 2. The van der Waals surface area contributed by atoms with Crippen molar-refractivity contribution in [1.29, 1.82) is 0 Å². The van der Waals surface area contributed by atoms with Crippen LogP contribution in [0.4, 0.5) is 5.69 Å². The molecular weight excluding hydrogens is 270 g/mol. The highest BCUT2D eigenvalue weighted by Crippen LogP contribution is 2.26. The van der Waals surface area contributed by atoms with Crippen molar-refractivity contribution >= 4 is 11.6 Å². The van der Waals surface area contributed by atoms with E-state index in [9.17, 15) is 14.9 Å². The third-order valence-corrected chi connectivity index (χ3v) is 4.19. The summed E-state index contributed by atoms with van der Waals surface area (Å²) in [4.78, 5) is 22.9. The van der Waals surface area contributed by atoms with E-state index < -0.39 is 4.92 Å². The molecule has 0 saturated carbocycles. The summed E-state index contributed by atoms with van der Waals surface area (Å²) in [5.41, 5.74) is 0.722. The minimum Gasteiger partial charge on any atom is -0.349 e. The second kappa shape index (κ2) is 5.81. The third kappa shape index (κ3) is 3.21. The summed E-state index contributed by atoms with van der Waals surface area (Å²) in [5, 5.41) is 17.3. The van der Waals surface area contributed by atoms with E-state index in [-0.39, 0.29) is 23.1 Å². The Morgan fingerprint density at radius 1 is 1.48 bits per heavy atom. The lowest BCUT2D eigenvalue weighted by atomic mass is 9.80. The number of piperidine rings is 1. The lowest BCUT2D eigenvalue weighted by Crippen LogP contribution is -2.54. The van der Waals surface area contributed by atoms with E-state index in [0.717, 1.165) is 19.5 Å². The number of rotatable bonds is 3. The van der Waals surface area contributed by atoms with Gasteiger partial charge in [0.1, 0.15) is 0 Å². The van der Waals surface area contributed by atoms with E-state index in [1.807, 2.05) is 0 Å². The molecule has 1 aliphatic rings. The zero-order valence-corrected chi connectivity index (χ0v) is 12.6. The summed E-state index contributed by atoms with van der Waals surface area (Å²) < 4.78 is 0. The minimum absolute atomic E-state index is 0.0211. The molecule has 1 aromatic rings. The molecule has 0 aromatic heterocycles. The Morgan fingerprint density at radius 2 is 2.19 bits per heavy atom. The summed E-state index contributed by atoms with van der Waals surface area (Å²) in [5.74, 6) is -0.240. The molecule has 1 heterocycles. The van der Waals surface area contributed by atoms with Gasteiger partial charge in [0, 0.05) is 29.8 Å². The molecule has 1 aromatic carbocycles. The van der Waals surface area contributed by atoms with Crippen molar-refractivity contribution in [3.05, 3.63) is 39.4 Å². The summed E-state index contributed by atoms with van der Waals surface area (Å²) >= 11 is 0. The van der Waals surface area contributed by atoms with Crippen LogP contribution in [-0.4, -0.2) is 30.0 Å². The maximum absolute atomic E-state index is 12.4. The average Bonchev–Trinajstić information content (AvgIpc) is 2.40. The van der Waals surface area contributed by atoms with E-state index in [4.69, 9.17) is 0 Å². The monoisotopic (exact) mass is 291 g/mol. The van der Waals surface area contributed by atoms with Crippen LogP contribution in [-0.2, 0) is 0 Å². The quantitative estimate of drug-likeness (QED) is 0.659. The van der Waals surface area contributed by atoms with Crippen molar-refractivity contribution in [3.8, 4) is 0 Å². The molecule has 0 radical (unpaired) electrons. The average molecular weight is 291 g/mol. The zero-order valence-electron chi connectivity index (χ0n) is 12.6. The molecule has 1 atom stereocenters. The van der Waals surface area contributed by atoms with Crippen LogP contribution >= 0.6 is 0 Å². The maximum Gasteiger partial charge on any atom is 0.273 e. The lowest BCUT2D eigenvalue weighted by Gasteiger charge is -2.39. The SMILES string of the molecule is Cc1c(C(=O)NC2CCNCC2(C)C)cccc1[N+](=O)[O-]. The number of hydrogen-bond acceptors (Lipinski definition) is 4. The Labute approximate surface area is 124 Å². The van der Waals surface area contributed by atoms with Crippen LogP contribution in [0.1, 0.15) is 36.2 Å². The first kappa shape index (κ1) is 15.4. The second-order valence-electron chi connectivity index (χ2n) is 6.19. The first-order valence-electron chi connectivity index (χ1n) is 7.08. The smallest absolute Gasteiger partial charge is 0.273 e. The first-order chi connectivity index (χ1) is 9.83. The number of nitro benzene ring substituents is 1. The Bertz CT molecular complexity index is 569. The van der Waals surface area contributed by atoms with E-state index in [2.05, 4.69) is 24.5 Å². The van der Waals surface area contributed by atoms with Gasteiger partial charge in [0.05, 0.1) is 4.92 Å². The topological polar surface area (TPSA) is 84.3 Å². The van der Waals surface area contributed by atoms with Crippen molar-refractivity contribution in [2.45, 2.75) is 33.2 Å². The van der Waals surface area contributed by atoms with Gasteiger partial charge in [0.25, 0.3) is 11.6 Å². The third-order valence-electron chi connectivity index (χ3n) is 4.19. The van der Waals surface area contributed by atoms with Gasteiger partial charge in [0.2, 0.25) is 0 Å². The molecule has 1 fully saturated rings. The van der Waals surface area contributed by atoms with Gasteiger partial charge in [-0.05, 0) is 31.4 Å². The molecule has 0 spiro atoms. The van der Waals surface area contributed by atoms with Crippen LogP contribution in [0.25, 0.3) is 0 Å². The summed E-state index contributed by atoms with van der Waals surface area (Å²) in [7, 11) is 0. The lowest BCUT2D eigenvalue weighted by molar-refractivity contribution is -0.385. The van der Waals surface area contributed by atoms with Gasteiger partial charge in [-0.25, -0.2) is 0 Å². The Kier molecular flexibility index (Phi) is 4.27. The molecule has 1 aliphatic heterocycles. The Hall–Kier alpha value is -1.95. The van der Waals surface area contributed by atoms with Gasteiger partial charge < -0.3 is 10.6 Å². The van der Waals surface area contributed by atoms with Crippen molar-refractivity contribution < 1.29 is 9.72 Å². The molecule has 1 unspecified atom stereocenters. The van der Waals surface area contributed by atoms with Crippen LogP contribution < -0.4 is 10.6 Å². The molecule has 1 saturated heterocycles. The predicted octanol–water partition coefficient (Wildman–Crippen LogP) is 2.02. The molecule has 0 aliphatic carbocycles. The molecule has 2 N–H and O–H groups in total. The second-order valence-corrected chi connectivity index (χ2v) is 6.19. The highest BCUT2D eigenvalue weighted by atomic mass is 16.6. The molecule has 114 valence electrons. The number of carbonyl (C=O) groups excluding carboxylic acids is 1. The normalized spacial score (nSPS) is 20.8. The van der Waals surface area contributed by atoms with E-state index >= 15 is 0 Å². The standard InChI is InChI=1S/C15H21N3O3/c1-10-11(5-4-6-12(10)18(20)21)14(19)17-13-7-8-16-9-15(13,2)3/h4-6,13,16H,7-9H2,1-3H3,(H,17,19). The Balaban J connectivity index is 2.21. The van der Waals surface area contributed by atoms with Crippen LogP contribution in [0.15, 0.2) is 18.2 Å². The van der Waals surface area contributed by atoms with Gasteiger partial charge >= 0.3 is 0 Å². The molecule has 1 amide bonds. The summed E-state index contributed by atoms with van der Waals surface area (Å²) in [6, 6.07) is 4.66. The van der Waals surface area contributed by atoms with Crippen LogP contribution in [0.3, 0.4) is 0 Å². The number of benzene rings is 1. The Morgan fingerprint density at radius 3 is 2.81 bits per heavy atom. The number of amides is 1. The minimum atomic E-state index is -0.458. The van der Waals surface area contributed by atoms with Crippen LogP contribution in [0, 0.1) is 22.5 Å². The summed E-state index contributed by atoms with van der Waals surface area (Å²) in [6.07, 6.45) is 0.854. The molecule has 6 heteroatoms. The number of nitro groups is 1. The summed E-state index contributed by atoms with van der Waals surface area (Å²) in [6.45, 7) is 7.52. The van der Waals surface area contributed by atoms with Crippen molar-refractivity contribution in [2.24, 2.45) is 5.41 Å². The molecule has 0 bridgehead atoms. The van der Waals surface area contributed by atoms with Gasteiger partial charge in [-0.3, -0.25) is 14.9 Å². The fourth-order valence-electron chi connectivity index (χ4n) is 2.74. The highest BCUT2D eigenvalue weighted by molar-refractivity contribution is 5.96. The van der Waals surface area contributed by atoms with Crippen molar-refractivity contribution in [1.82, 2.24) is 10.6 Å². The molecule has 21 heavy (non-hydrogen) atoms. The number of nitrogens with zero attached hydrogens (tertiary/aromatic N) is 1. The fourth-order valence-corrected chi connectivity index (χ4v) is 2.74. The number of hydrogen-bond donors (Lipinski definition) is 2. The van der Waals surface area contributed by atoms with E-state index in [1.165, 1.54) is 6.07 Å². The number of carbonyl (C=O) groups is 1. The van der Waals surface area contributed by atoms with Crippen molar-refractivity contribution in [3.63, 3.8) is 0 Å². The highest BCUT2D eigenvalue weighted by Gasteiger charge is 2.33. The van der Waals surface area contributed by atoms with Crippen LogP contribution in [0.5, 0.6) is 0 Å². The fraction of sp³-hybridized carbons (Fsp3) is 0.533. The van der Waals surface area contributed by atoms with Gasteiger partial charge in [-0.15, -0.1) is 0 Å². The molecule has 2 rings (SSSR count). The largest absolute Gasteiger partial charge is 0.349 e. The van der Waals surface area contributed by atoms with E-state index in [1.54, 1.807) is 19.1 Å². The van der Waals surface area contributed by atoms with Gasteiger partial charge in [0.15, 0.2) is 0 Å². The van der Waals surface area contributed by atoms with Gasteiger partial charge in [-0.2, -0.15) is 0 Å². The molecule has 6 nitrogen and oxygen atoms in total. The van der Waals surface area contributed by atoms with E-state index in [0.29, 0.717) is 11.1 Å². The zero-order chi connectivity index (χ0) is 15.6. The first-order valence-corrected chi connectivity index (χ1v) is 7.08. The van der Waals surface area contributed by atoms with Crippen LogP contribution in [0.2, 0.25) is 0 Å².